The number of carbonyl (C=O) groups is 1. The first-order chi connectivity index (χ1) is 13.6. The van der Waals surface area contributed by atoms with Crippen LogP contribution in [-0.2, 0) is 11.8 Å². The van der Waals surface area contributed by atoms with Gasteiger partial charge in [0.15, 0.2) is 0 Å². The largest absolute Gasteiger partial charge is 0.339 e. The lowest BCUT2D eigenvalue weighted by Crippen LogP contribution is -2.39. The molecule has 1 saturated heterocycles. The SMILES string of the molecule is Cc1nn(C)cc1NC(=O)CN1CCC[C@@H](c2nc(-c3ccccc3)no2)C1. The summed E-state index contributed by atoms with van der Waals surface area (Å²) in [6.45, 7) is 3.84. The highest BCUT2D eigenvalue weighted by Crippen LogP contribution is 2.27. The van der Waals surface area contributed by atoms with Crippen LogP contribution >= 0.6 is 0 Å². The number of aromatic nitrogens is 4. The lowest BCUT2D eigenvalue weighted by molar-refractivity contribution is -0.117. The maximum Gasteiger partial charge on any atom is 0.238 e. The minimum atomic E-state index is -0.0350. The number of nitrogens with zero attached hydrogens (tertiary/aromatic N) is 5. The number of benzene rings is 1. The molecule has 0 radical (unpaired) electrons. The summed E-state index contributed by atoms with van der Waals surface area (Å²) in [6, 6.07) is 9.80. The number of carbonyl (C=O) groups excluding carboxylic acids is 1. The standard InChI is InChI=1S/C20H24N6O2/c1-14-17(12-25(2)23-14)21-18(27)13-26-10-6-9-16(11-26)20-22-19(24-28-20)15-7-4-3-5-8-15/h3-5,7-8,12,16H,6,9-11,13H2,1-2H3,(H,21,27)/t16-/m1/s1. The summed E-state index contributed by atoms with van der Waals surface area (Å²) in [5.41, 5.74) is 2.51. The summed E-state index contributed by atoms with van der Waals surface area (Å²) in [5.74, 6) is 1.36. The van der Waals surface area contributed by atoms with Gasteiger partial charge in [-0.15, -0.1) is 0 Å². The van der Waals surface area contributed by atoms with E-state index in [-0.39, 0.29) is 11.8 Å². The van der Waals surface area contributed by atoms with Gasteiger partial charge in [-0.25, -0.2) is 0 Å². The molecular weight excluding hydrogens is 356 g/mol. The van der Waals surface area contributed by atoms with Crippen LogP contribution in [0.25, 0.3) is 11.4 Å². The van der Waals surface area contributed by atoms with Crippen molar-refractivity contribution in [2.24, 2.45) is 7.05 Å². The van der Waals surface area contributed by atoms with Crippen molar-refractivity contribution >= 4 is 11.6 Å². The fraction of sp³-hybridized carbons (Fsp3) is 0.400. The van der Waals surface area contributed by atoms with E-state index in [0.29, 0.717) is 18.3 Å². The van der Waals surface area contributed by atoms with E-state index in [1.165, 1.54) is 0 Å². The van der Waals surface area contributed by atoms with E-state index in [0.717, 1.165) is 42.9 Å². The zero-order valence-corrected chi connectivity index (χ0v) is 16.1. The van der Waals surface area contributed by atoms with E-state index in [2.05, 4.69) is 25.5 Å². The Morgan fingerprint density at radius 1 is 1.32 bits per heavy atom. The first kappa shape index (κ1) is 18.4. The average Bonchev–Trinajstić information content (AvgIpc) is 3.29. The molecule has 146 valence electrons. The third kappa shape index (κ3) is 4.12. The van der Waals surface area contributed by atoms with Crippen molar-refractivity contribution < 1.29 is 9.32 Å². The average molecular weight is 380 g/mol. The highest BCUT2D eigenvalue weighted by Gasteiger charge is 2.27. The fourth-order valence-corrected chi connectivity index (χ4v) is 3.62. The number of rotatable bonds is 5. The van der Waals surface area contributed by atoms with E-state index in [4.69, 9.17) is 4.52 Å². The van der Waals surface area contributed by atoms with Gasteiger partial charge in [0.25, 0.3) is 0 Å². The molecule has 1 amide bonds. The topological polar surface area (TPSA) is 89.1 Å². The Bertz CT molecular complexity index is 949. The van der Waals surface area contributed by atoms with Crippen LogP contribution in [0.2, 0.25) is 0 Å². The molecule has 1 aromatic carbocycles. The second kappa shape index (κ2) is 7.93. The smallest absolute Gasteiger partial charge is 0.238 e. The lowest BCUT2D eigenvalue weighted by Gasteiger charge is -2.30. The molecule has 28 heavy (non-hydrogen) atoms. The van der Waals surface area contributed by atoms with Gasteiger partial charge >= 0.3 is 0 Å². The van der Waals surface area contributed by atoms with E-state index in [9.17, 15) is 4.79 Å². The van der Waals surface area contributed by atoms with Crippen LogP contribution in [0.4, 0.5) is 5.69 Å². The summed E-state index contributed by atoms with van der Waals surface area (Å²) >= 11 is 0. The van der Waals surface area contributed by atoms with Crippen LogP contribution in [0, 0.1) is 6.92 Å². The van der Waals surface area contributed by atoms with Gasteiger partial charge in [0.2, 0.25) is 17.6 Å². The van der Waals surface area contributed by atoms with Gasteiger partial charge in [0.1, 0.15) is 0 Å². The normalized spacial score (nSPS) is 17.6. The first-order valence-corrected chi connectivity index (χ1v) is 9.50. The third-order valence-corrected chi connectivity index (χ3v) is 4.98. The molecule has 3 heterocycles. The number of anilines is 1. The summed E-state index contributed by atoms with van der Waals surface area (Å²) in [7, 11) is 1.84. The molecule has 0 saturated carbocycles. The number of nitrogens with one attached hydrogen (secondary N) is 1. The highest BCUT2D eigenvalue weighted by molar-refractivity contribution is 5.92. The van der Waals surface area contributed by atoms with Gasteiger partial charge in [-0.3, -0.25) is 14.4 Å². The first-order valence-electron chi connectivity index (χ1n) is 9.50. The van der Waals surface area contributed by atoms with Crippen LogP contribution in [0.15, 0.2) is 41.1 Å². The van der Waals surface area contributed by atoms with Crippen molar-refractivity contribution in [2.75, 3.05) is 25.0 Å². The molecular formula is C20H24N6O2. The van der Waals surface area contributed by atoms with Gasteiger partial charge in [-0.1, -0.05) is 35.5 Å². The van der Waals surface area contributed by atoms with Crippen LogP contribution < -0.4 is 5.32 Å². The van der Waals surface area contributed by atoms with Crippen LogP contribution in [0.1, 0.15) is 30.3 Å². The monoisotopic (exact) mass is 380 g/mol. The predicted molar refractivity (Wildman–Crippen MR) is 105 cm³/mol. The molecule has 4 rings (SSSR count). The van der Waals surface area contributed by atoms with Crippen molar-refractivity contribution in [1.29, 1.82) is 0 Å². The summed E-state index contributed by atoms with van der Waals surface area (Å²) < 4.78 is 7.22. The molecule has 0 spiro atoms. The van der Waals surface area contributed by atoms with Crippen molar-refractivity contribution in [2.45, 2.75) is 25.7 Å². The van der Waals surface area contributed by atoms with Crippen molar-refractivity contribution in [3.05, 3.63) is 48.1 Å². The molecule has 0 bridgehead atoms. The number of hydrogen-bond acceptors (Lipinski definition) is 6. The molecule has 1 fully saturated rings. The number of hydrogen-bond donors (Lipinski definition) is 1. The van der Waals surface area contributed by atoms with Gasteiger partial charge in [-0.2, -0.15) is 10.1 Å². The molecule has 1 aliphatic heterocycles. The Morgan fingerprint density at radius 3 is 2.89 bits per heavy atom. The number of piperidine rings is 1. The second-order valence-corrected chi connectivity index (χ2v) is 7.25. The zero-order chi connectivity index (χ0) is 19.5. The van der Waals surface area contributed by atoms with Crippen LogP contribution in [0.5, 0.6) is 0 Å². The molecule has 0 unspecified atom stereocenters. The summed E-state index contributed by atoms with van der Waals surface area (Å²) in [5, 5.41) is 11.3. The van der Waals surface area contributed by atoms with Crippen LogP contribution in [0.3, 0.4) is 0 Å². The number of amides is 1. The van der Waals surface area contributed by atoms with Gasteiger partial charge in [-0.05, 0) is 26.3 Å². The Labute approximate surface area is 163 Å². The van der Waals surface area contributed by atoms with Crippen molar-refractivity contribution in [3.8, 4) is 11.4 Å². The quantitative estimate of drug-likeness (QED) is 0.732. The van der Waals surface area contributed by atoms with Crippen LogP contribution in [-0.4, -0.2) is 50.4 Å². The van der Waals surface area contributed by atoms with E-state index >= 15 is 0 Å². The Kier molecular flexibility index (Phi) is 5.21. The molecule has 8 heteroatoms. The van der Waals surface area contributed by atoms with E-state index in [1.807, 2.05) is 50.5 Å². The van der Waals surface area contributed by atoms with Gasteiger partial charge in [0, 0.05) is 25.4 Å². The number of aryl methyl sites for hydroxylation is 2. The predicted octanol–water partition coefficient (Wildman–Crippen LogP) is 2.60. The Balaban J connectivity index is 1.37. The zero-order valence-electron chi connectivity index (χ0n) is 16.1. The molecule has 1 atom stereocenters. The van der Waals surface area contributed by atoms with E-state index < -0.39 is 0 Å². The minimum absolute atomic E-state index is 0.0350. The lowest BCUT2D eigenvalue weighted by atomic mass is 9.98. The third-order valence-electron chi connectivity index (χ3n) is 4.98. The van der Waals surface area contributed by atoms with E-state index in [1.54, 1.807) is 4.68 Å². The highest BCUT2D eigenvalue weighted by atomic mass is 16.5. The maximum absolute atomic E-state index is 12.4. The minimum Gasteiger partial charge on any atom is -0.339 e. The van der Waals surface area contributed by atoms with Crippen molar-refractivity contribution in [3.63, 3.8) is 0 Å². The fourth-order valence-electron chi connectivity index (χ4n) is 3.62. The second-order valence-electron chi connectivity index (χ2n) is 7.25. The molecule has 0 aliphatic carbocycles. The van der Waals surface area contributed by atoms with Crippen molar-refractivity contribution in [1.82, 2.24) is 24.8 Å². The van der Waals surface area contributed by atoms with Gasteiger partial charge in [0.05, 0.1) is 23.8 Å². The molecule has 1 N–H and O–H groups in total. The molecule has 2 aromatic heterocycles. The Morgan fingerprint density at radius 2 is 2.14 bits per heavy atom. The molecule has 8 nitrogen and oxygen atoms in total. The Hall–Kier alpha value is -3.00. The number of likely N-dealkylation sites (tertiary alicyclic amines) is 1. The summed E-state index contributed by atoms with van der Waals surface area (Å²) in [6.07, 6.45) is 3.79. The summed E-state index contributed by atoms with van der Waals surface area (Å²) in [4.78, 5) is 19.2. The maximum atomic E-state index is 12.4. The van der Waals surface area contributed by atoms with Gasteiger partial charge < -0.3 is 9.84 Å². The molecule has 3 aromatic rings. The molecule has 1 aliphatic rings.